The zero-order valence-electron chi connectivity index (χ0n) is 15.0. The monoisotopic (exact) mass is 447 g/mol. The molecule has 0 aliphatic rings. The number of aromatic nitrogens is 1. The fourth-order valence-electron chi connectivity index (χ4n) is 3.18. The molecule has 6 heteroatoms. The molecule has 1 atom stereocenters. The molecule has 28 heavy (non-hydrogen) atoms. The number of carbonyl (C=O) groups excluding carboxylic acids is 1. The average molecular weight is 448 g/mol. The van der Waals surface area contributed by atoms with Gasteiger partial charge in [-0.1, -0.05) is 46.3 Å². The minimum Gasteiger partial charge on any atom is -0.294 e. The van der Waals surface area contributed by atoms with E-state index in [1.54, 1.807) is 49.4 Å². The predicted molar refractivity (Wildman–Crippen MR) is 105 cm³/mol. The third-order valence-electron chi connectivity index (χ3n) is 4.52. The van der Waals surface area contributed by atoms with Crippen LogP contribution in [0.25, 0.3) is 0 Å². The van der Waals surface area contributed by atoms with Crippen LogP contribution < -0.4 is 0 Å². The van der Waals surface area contributed by atoms with Crippen molar-refractivity contribution >= 4 is 21.7 Å². The van der Waals surface area contributed by atoms with E-state index in [0.29, 0.717) is 16.8 Å². The molecule has 0 saturated carbocycles. The molecule has 0 fully saturated rings. The fraction of sp³-hybridized carbons (Fsp3) is 0.182. The molecule has 1 heterocycles. The maximum absolute atomic E-state index is 13.6. The Kier molecular flexibility index (Phi) is 5.98. The number of hydrogen-bond donors (Lipinski definition) is 0. The molecule has 2 nitrogen and oxygen atoms in total. The second-order valence-corrected chi connectivity index (χ2v) is 7.42. The van der Waals surface area contributed by atoms with E-state index in [1.165, 1.54) is 18.3 Å². The van der Waals surface area contributed by atoms with Crippen LogP contribution in [-0.4, -0.2) is 10.8 Å². The molecule has 144 valence electrons. The van der Waals surface area contributed by atoms with Gasteiger partial charge in [0.25, 0.3) is 0 Å². The molecule has 0 N–H and O–H groups in total. The summed E-state index contributed by atoms with van der Waals surface area (Å²) in [5, 5.41) is 0. The van der Waals surface area contributed by atoms with Crippen molar-refractivity contribution in [2.75, 3.05) is 0 Å². The minimum atomic E-state index is -4.50. The van der Waals surface area contributed by atoms with Gasteiger partial charge in [0.2, 0.25) is 0 Å². The smallest absolute Gasteiger partial charge is 0.294 e. The largest absolute Gasteiger partial charge is 0.416 e. The molecule has 0 aliphatic heterocycles. The summed E-state index contributed by atoms with van der Waals surface area (Å²) < 4.78 is 41.6. The number of benzene rings is 2. The quantitative estimate of drug-likeness (QED) is 0.413. The predicted octanol–water partition coefficient (Wildman–Crippen LogP) is 6.58. The first-order chi connectivity index (χ1) is 13.3. The second kappa shape index (κ2) is 8.27. The summed E-state index contributed by atoms with van der Waals surface area (Å²) in [6.45, 7) is 1.77. The molecular formula is C22H17BrF3NO. The number of alkyl halides is 3. The van der Waals surface area contributed by atoms with Crippen molar-refractivity contribution in [3.63, 3.8) is 0 Å². The summed E-state index contributed by atoms with van der Waals surface area (Å²) in [5.74, 6) is -0.942. The van der Waals surface area contributed by atoms with Crippen molar-refractivity contribution in [3.8, 4) is 0 Å². The van der Waals surface area contributed by atoms with Crippen LogP contribution in [-0.2, 0) is 6.18 Å². The molecule has 1 unspecified atom stereocenters. The Balaban J connectivity index is 2.07. The Morgan fingerprint density at radius 2 is 1.75 bits per heavy atom. The summed E-state index contributed by atoms with van der Waals surface area (Å²) in [6.07, 6.45) is -3.04. The highest BCUT2D eigenvalue weighted by molar-refractivity contribution is 9.10. The number of carbonyl (C=O) groups is 1. The van der Waals surface area contributed by atoms with Crippen molar-refractivity contribution in [2.24, 2.45) is 0 Å². The standard InChI is InChI=1S/C22H17BrF3NO/c1-14-12-16(10-11-27-14)21(28)13-19(15-6-8-17(23)9-7-15)18-4-2-3-5-20(18)22(24,25)26/h2-12,19H,13H2,1H3. The highest BCUT2D eigenvalue weighted by Crippen LogP contribution is 2.39. The molecule has 0 bridgehead atoms. The number of nitrogens with zero attached hydrogens (tertiary/aromatic N) is 1. The van der Waals surface area contributed by atoms with E-state index in [0.717, 1.165) is 10.5 Å². The van der Waals surface area contributed by atoms with Gasteiger partial charge in [-0.25, -0.2) is 0 Å². The molecule has 0 aliphatic carbocycles. The van der Waals surface area contributed by atoms with Gasteiger partial charge < -0.3 is 0 Å². The Morgan fingerprint density at radius 1 is 1.07 bits per heavy atom. The second-order valence-electron chi connectivity index (χ2n) is 6.50. The Hall–Kier alpha value is -2.47. The normalized spacial score (nSPS) is 12.6. The van der Waals surface area contributed by atoms with E-state index in [9.17, 15) is 18.0 Å². The molecule has 3 aromatic rings. The van der Waals surface area contributed by atoms with Crippen molar-refractivity contribution in [2.45, 2.75) is 25.4 Å². The lowest BCUT2D eigenvalue weighted by atomic mass is 9.83. The summed E-state index contributed by atoms with van der Waals surface area (Å²) in [7, 11) is 0. The van der Waals surface area contributed by atoms with E-state index in [4.69, 9.17) is 0 Å². The molecule has 1 aromatic heterocycles. The van der Waals surface area contributed by atoms with Gasteiger partial charge in [0.1, 0.15) is 0 Å². The van der Waals surface area contributed by atoms with E-state index in [1.807, 2.05) is 0 Å². The molecule has 2 aromatic carbocycles. The first kappa shape index (κ1) is 20.3. The number of Topliss-reactive ketones (excluding diaryl/α,β-unsaturated/α-hetero) is 1. The van der Waals surface area contributed by atoms with Gasteiger partial charge in [-0.05, 0) is 48.4 Å². The molecule has 0 amide bonds. The number of pyridine rings is 1. The van der Waals surface area contributed by atoms with Gasteiger partial charge in [0, 0.05) is 34.3 Å². The van der Waals surface area contributed by atoms with E-state index in [-0.39, 0.29) is 17.8 Å². The van der Waals surface area contributed by atoms with Crippen LogP contribution in [0.15, 0.2) is 71.3 Å². The average Bonchev–Trinajstić information content (AvgIpc) is 2.66. The lowest BCUT2D eigenvalue weighted by Gasteiger charge is -2.22. The van der Waals surface area contributed by atoms with Crippen LogP contribution in [0.4, 0.5) is 13.2 Å². The van der Waals surface area contributed by atoms with Crippen LogP contribution in [0, 0.1) is 6.92 Å². The maximum Gasteiger partial charge on any atom is 0.416 e. The van der Waals surface area contributed by atoms with Crippen molar-refractivity contribution in [1.82, 2.24) is 4.98 Å². The van der Waals surface area contributed by atoms with Gasteiger partial charge in [0.05, 0.1) is 5.56 Å². The van der Waals surface area contributed by atoms with Crippen molar-refractivity contribution in [3.05, 3.63) is 99.3 Å². The summed E-state index contributed by atoms with van der Waals surface area (Å²) >= 11 is 3.34. The van der Waals surface area contributed by atoms with E-state index < -0.39 is 17.7 Å². The van der Waals surface area contributed by atoms with Gasteiger partial charge >= 0.3 is 6.18 Å². The molecule has 3 rings (SSSR count). The van der Waals surface area contributed by atoms with Gasteiger partial charge in [-0.3, -0.25) is 9.78 Å². The lowest BCUT2D eigenvalue weighted by molar-refractivity contribution is -0.138. The number of aryl methyl sites for hydroxylation is 1. The summed E-state index contributed by atoms with van der Waals surface area (Å²) in [5.41, 5.74) is 1.15. The van der Waals surface area contributed by atoms with Gasteiger partial charge in [-0.2, -0.15) is 13.2 Å². The van der Waals surface area contributed by atoms with Crippen LogP contribution in [0.3, 0.4) is 0 Å². The Bertz CT molecular complexity index is 984. The van der Waals surface area contributed by atoms with E-state index in [2.05, 4.69) is 20.9 Å². The first-order valence-corrected chi connectivity index (χ1v) is 9.42. The van der Waals surface area contributed by atoms with Crippen LogP contribution in [0.2, 0.25) is 0 Å². The van der Waals surface area contributed by atoms with Crippen LogP contribution in [0.1, 0.15) is 45.1 Å². The number of rotatable bonds is 5. The number of halogens is 4. The van der Waals surface area contributed by atoms with Crippen LogP contribution >= 0.6 is 15.9 Å². The van der Waals surface area contributed by atoms with Crippen molar-refractivity contribution in [1.29, 1.82) is 0 Å². The highest BCUT2D eigenvalue weighted by atomic mass is 79.9. The number of hydrogen-bond acceptors (Lipinski definition) is 2. The Labute approximate surface area is 169 Å². The highest BCUT2D eigenvalue weighted by Gasteiger charge is 2.35. The fourth-order valence-corrected chi connectivity index (χ4v) is 3.45. The Morgan fingerprint density at radius 3 is 2.39 bits per heavy atom. The zero-order chi connectivity index (χ0) is 20.3. The lowest BCUT2D eigenvalue weighted by Crippen LogP contribution is -2.16. The van der Waals surface area contributed by atoms with Gasteiger partial charge in [-0.15, -0.1) is 0 Å². The third kappa shape index (κ3) is 4.68. The first-order valence-electron chi connectivity index (χ1n) is 8.63. The molecular weight excluding hydrogens is 431 g/mol. The van der Waals surface area contributed by atoms with Crippen LogP contribution in [0.5, 0.6) is 0 Å². The molecule has 0 spiro atoms. The van der Waals surface area contributed by atoms with Crippen molar-refractivity contribution < 1.29 is 18.0 Å². The third-order valence-corrected chi connectivity index (χ3v) is 5.05. The van der Waals surface area contributed by atoms with E-state index >= 15 is 0 Å². The van der Waals surface area contributed by atoms with Gasteiger partial charge in [0.15, 0.2) is 5.78 Å². The molecule has 0 radical (unpaired) electrons. The number of ketones is 1. The molecule has 0 saturated heterocycles. The summed E-state index contributed by atoms with van der Waals surface area (Å²) in [4.78, 5) is 16.9. The zero-order valence-corrected chi connectivity index (χ0v) is 16.6. The maximum atomic E-state index is 13.6. The minimum absolute atomic E-state index is 0.0713. The summed E-state index contributed by atoms with van der Waals surface area (Å²) in [6, 6.07) is 15.7. The topological polar surface area (TPSA) is 30.0 Å². The SMILES string of the molecule is Cc1cc(C(=O)CC(c2ccc(Br)cc2)c2ccccc2C(F)(F)F)ccn1.